The van der Waals surface area contributed by atoms with E-state index in [4.69, 9.17) is 9.84 Å². The lowest BCUT2D eigenvalue weighted by atomic mass is 10.2. The summed E-state index contributed by atoms with van der Waals surface area (Å²) in [6.45, 7) is 6.32. The molecule has 22 heavy (non-hydrogen) atoms. The van der Waals surface area contributed by atoms with Gasteiger partial charge in [-0.25, -0.2) is 0 Å². The molecule has 1 heterocycles. The molecule has 0 fully saturated rings. The van der Waals surface area contributed by atoms with Crippen molar-refractivity contribution in [1.82, 2.24) is 0 Å². The van der Waals surface area contributed by atoms with E-state index < -0.39 is 0 Å². The number of rotatable bonds is 10. The Morgan fingerprint density at radius 1 is 1.14 bits per heavy atom. The summed E-state index contributed by atoms with van der Waals surface area (Å²) < 4.78 is 5.76. The normalized spacial score (nSPS) is 12.3. The third kappa shape index (κ3) is 6.58. The number of aliphatic hydroxyl groups is 1. The minimum absolute atomic E-state index is 0.221. The van der Waals surface area contributed by atoms with E-state index in [2.05, 4.69) is 34.2 Å². The number of aliphatic hydroxyl groups excluding tert-OH is 1. The van der Waals surface area contributed by atoms with Gasteiger partial charge in [0.15, 0.2) is 0 Å². The third-order valence-corrected chi connectivity index (χ3v) is 4.20. The van der Waals surface area contributed by atoms with E-state index in [-0.39, 0.29) is 6.10 Å². The summed E-state index contributed by atoms with van der Waals surface area (Å²) >= 11 is 1.72. The molecule has 120 valence electrons. The number of hydrogen-bond donors (Lipinski definition) is 3. The highest BCUT2D eigenvalue weighted by atomic mass is 32.1. The lowest BCUT2D eigenvalue weighted by Crippen LogP contribution is -2.95. The van der Waals surface area contributed by atoms with Gasteiger partial charge in [0.05, 0.1) is 6.10 Å². The molecular formula is C17H26N2O2S+2. The summed E-state index contributed by atoms with van der Waals surface area (Å²) in [4.78, 5) is 1.24. The second-order valence-corrected chi connectivity index (χ2v) is 6.49. The van der Waals surface area contributed by atoms with Crippen LogP contribution in [0.25, 0.3) is 0 Å². The van der Waals surface area contributed by atoms with Crippen molar-refractivity contribution < 1.29 is 20.5 Å². The molecule has 0 saturated heterocycles. The van der Waals surface area contributed by atoms with Gasteiger partial charge >= 0.3 is 0 Å². The maximum Gasteiger partial charge on any atom is 0.125 e. The van der Waals surface area contributed by atoms with Crippen LogP contribution in [0.15, 0.2) is 41.8 Å². The van der Waals surface area contributed by atoms with Gasteiger partial charge in [0, 0.05) is 10.4 Å². The number of ether oxygens (including phenoxy) is 1. The van der Waals surface area contributed by atoms with Crippen molar-refractivity contribution in [2.24, 2.45) is 0 Å². The predicted molar refractivity (Wildman–Crippen MR) is 88.9 cm³/mol. The van der Waals surface area contributed by atoms with Crippen LogP contribution in [-0.4, -0.2) is 30.8 Å². The number of benzene rings is 1. The molecule has 0 radical (unpaired) electrons. The quantitative estimate of drug-likeness (QED) is 0.552. The van der Waals surface area contributed by atoms with E-state index >= 15 is 0 Å². The maximum absolute atomic E-state index is 9.16. The molecule has 0 unspecified atom stereocenters. The molecule has 0 amide bonds. The van der Waals surface area contributed by atoms with Crippen molar-refractivity contribution in [1.29, 1.82) is 0 Å². The van der Waals surface area contributed by atoms with E-state index in [0.717, 1.165) is 31.9 Å². The molecule has 0 aliphatic rings. The van der Waals surface area contributed by atoms with E-state index in [1.54, 1.807) is 11.3 Å². The van der Waals surface area contributed by atoms with Crippen molar-refractivity contribution in [2.45, 2.75) is 26.2 Å². The van der Waals surface area contributed by atoms with Gasteiger partial charge in [-0.2, -0.15) is 0 Å². The number of quaternary nitrogens is 2. The second-order valence-electron chi connectivity index (χ2n) is 5.46. The Kier molecular flexibility index (Phi) is 7.39. The van der Waals surface area contributed by atoms with Gasteiger partial charge in [0.1, 0.15) is 38.5 Å². The number of hydrogen-bond acceptors (Lipinski definition) is 3. The van der Waals surface area contributed by atoms with Crippen molar-refractivity contribution in [3.8, 4) is 5.75 Å². The molecule has 2 aromatic rings. The molecule has 0 saturated carbocycles. The zero-order chi connectivity index (χ0) is 15.6. The third-order valence-electron chi connectivity index (χ3n) is 3.35. The minimum atomic E-state index is -0.221. The monoisotopic (exact) mass is 322 g/mol. The topological polar surface area (TPSA) is 62.7 Å². The summed E-state index contributed by atoms with van der Waals surface area (Å²) in [5.74, 6) is 0.919. The molecule has 1 atom stereocenters. The van der Waals surface area contributed by atoms with Crippen LogP contribution in [0.5, 0.6) is 5.75 Å². The molecule has 1 aromatic heterocycles. The first-order valence-corrected chi connectivity index (χ1v) is 8.67. The Labute approximate surface area is 136 Å². The predicted octanol–water partition coefficient (Wildman–Crippen LogP) is 0.335. The van der Waals surface area contributed by atoms with Crippen LogP contribution in [0.2, 0.25) is 0 Å². The molecule has 0 bridgehead atoms. The molecule has 0 aliphatic heterocycles. The fourth-order valence-corrected chi connectivity index (χ4v) is 2.75. The summed E-state index contributed by atoms with van der Waals surface area (Å²) in [5.41, 5.74) is 1.30. The van der Waals surface area contributed by atoms with Crippen LogP contribution in [0.4, 0.5) is 0 Å². The first kappa shape index (κ1) is 17.0. The maximum atomic E-state index is 9.16. The molecule has 5 N–H and O–H groups in total. The Hall–Kier alpha value is -1.40. The van der Waals surface area contributed by atoms with Crippen LogP contribution >= 0.6 is 11.3 Å². The fourth-order valence-electron chi connectivity index (χ4n) is 2.13. The molecule has 0 aliphatic carbocycles. The van der Waals surface area contributed by atoms with Crippen molar-refractivity contribution in [3.63, 3.8) is 0 Å². The Bertz CT molecular complexity index is 512. The molecule has 2 rings (SSSR count). The summed E-state index contributed by atoms with van der Waals surface area (Å²) in [6.07, 6.45) is -0.221. The zero-order valence-electron chi connectivity index (χ0n) is 13.1. The lowest BCUT2D eigenvalue weighted by molar-refractivity contribution is -0.733. The van der Waals surface area contributed by atoms with E-state index in [1.165, 1.54) is 10.4 Å². The highest BCUT2D eigenvalue weighted by Gasteiger charge is 2.01. The Balaban J connectivity index is 1.62. The van der Waals surface area contributed by atoms with Crippen molar-refractivity contribution >= 4 is 11.3 Å². The van der Waals surface area contributed by atoms with Crippen molar-refractivity contribution in [3.05, 3.63) is 52.2 Å². The van der Waals surface area contributed by atoms with Gasteiger partial charge in [-0.3, -0.25) is 0 Å². The van der Waals surface area contributed by atoms with Crippen LogP contribution in [0.1, 0.15) is 17.4 Å². The van der Waals surface area contributed by atoms with Gasteiger partial charge in [-0.1, -0.05) is 6.07 Å². The van der Waals surface area contributed by atoms with Crippen LogP contribution in [0.3, 0.4) is 0 Å². The SMILES string of the molecule is C[C@@H](O)C[NH2+]CC[NH2+]Cc1ccc(OCc2cccs2)cc1. The van der Waals surface area contributed by atoms with E-state index in [9.17, 15) is 0 Å². The molecular weight excluding hydrogens is 296 g/mol. The van der Waals surface area contributed by atoms with Gasteiger partial charge in [0.25, 0.3) is 0 Å². The summed E-state index contributed by atoms with van der Waals surface area (Å²) in [5, 5.41) is 15.7. The molecule has 1 aromatic carbocycles. The average molecular weight is 322 g/mol. The van der Waals surface area contributed by atoms with E-state index in [1.807, 2.05) is 25.1 Å². The summed E-state index contributed by atoms with van der Waals surface area (Å²) in [6, 6.07) is 12.5. The zero-order valence-corrected chi connectivity index (χ0v) is 13.9. The fraction of sp³-hybridized carbons (Fsp3) is 0.412. The molecule has 4 nitrogen and oxygen atoms in total. The average Bonchev–Trinajstić information content (AvgIpc) is 3.03. The van der Waals surface area contributed by atoms with Gasteiger partial charge in [-0.05, 0) is 42.6 Å². The molecule has 0 spiro atoms. The standard InChI is InChI=1S/C17H24N2O2S/c1-14(20)11-18-8-9-19-12-15-4-6-16(7-5-15)21-13-17-3-2-10-22-17/h2-7,10,14,18-20H,8-9,11-13H2,1H3/p+2/t14-/m1/s1. The van der Waals surface area contributed by atoms with Gasteiger partial charge in [0.2, 0.25) is 0 Å². The van der Waals surface area contributed by atoms with Crippen LogP contribution < -0.4 is 15.4 Å². The van der Waals surface area contributed by atoms with Crippen LogP contribution in [0, 0.1) is 0 Å². The van der Waals surface area contributed by atoms with Gasteiger partial charge < -0.3 is 20.5 Å². The Morgan fingerprint density at radius 2 is 1.91 bits per heavy atom. The number of thiophene rings is 1. The van der Waals surface area contributed by atoms with Crippen LogP contribution in [-0.2, 0) is 13.2 Å². The first-order valence-electron chi connectivity index (χ1n) is 7.79. The summed E-state index contributed by atoms with van der Waals surface area (Å²) in [7, 11) is 0. The first-order chi connectivity index (χ1) is 10.7. The number of nitrogens with two attached hydrogens (primary N) is 2. The largest absolute Gasteiger partial charge is 0.488 e. The molecule has 5 heteroatoms. The highest BCUT2D eigenvalue weighted by molar-refractivity contribution is 7.09. The Morgan fingerprint density at radius 3 is 2.59 bits per heavy atom. The second kappa shape index (κ2) is 9.58. The van der Waals surface area contributed by atoms with Gasteiger partial charge in [-0.15, -0.1) is 11.3 Å². The lowest BCUT2D eigenvalue weighted by Gasteiger charge is -2.06. The highest BCUT2D eigenvalue weighted by Crippen LogP contribution is 2.16. The van der Waals surface area contributed by atoms with Crippen molar-refractivity contribution in [2.75, 3.05) is 19.6 Å². The van der Waals surface area contributed by atoms with E-state index in [0.29, 0.717) is 6.61 Å². The smallest absolute Gasteiger partial charge is 0.125 e. The minimum Gasteiger partial charge on any atom is -0.488 e.